The molecule has 2 aliphatic heterocycles. The van der Waals surface area contributed by atoms with Crippen LogP contribution in [0.5, 0.6) is 0 Å². The van der Waals surface area contributed by atoms with Crippen molar-refractivity contribution < 1.29 is 24.3 Å². The molecule has 1 aromatic carbocycles. The van der Waals surface area contributed by atoms with Gasteiger partial charge in [-0.3, -0.25) is 14.4 Å². The van der Waals surface area contributed by atoms with Gasteiger partial charge in [0.05, 0.1) is 6.04 Å². The Kier molecular flexibility index (Phi) is 8.07. The summed E-state index contributed by atoms with van der Waals surface area (Å²) in [6.45, 7) is 4.50. The first kappa shape index (κ1) is 24.7. The smallest absolute Gasteiger partial charge is 0.326 e. The summed E-state index contributed by atoms with van der Waals surface area (Å²) in [6.07, 6.45) is 2.41. The number of hydrogen-bond donors (Lipinski definition) is 3. The number of aliphatic carboxylic acids is 1. The van der Waals surface area contributed by atoms with E-state index in [0.29, 0.717) is 38.8 Å². The van der Waals surface area contributed by atoms with Crippen molar-refractivity contribution in [3.8, 4) is 0 Å². The van der Waals surface area contributed by atoms with Crippen molar-refractivity contribution in [3.05, 3.63) is 35.9 Å². The number of nitrogens with zero attached hydrogens (tertiary/aromatic N) is 2. The maximum atomic E-state index is 13.4. The van der Waals surface area contributed by atoms with E-state index >= 15 is 0 Å². The summed E-state index contributed by atoms with van der Waals surface area (Å²) >= 11 is 0. The van der Waals surface area contributed by atoms with Gasteiger partial charge < -0.3 is 26.0 Å². The average Bonchev–Trinajstić information content (AvgIpc) is 3.47. The predicted octanol–water partition coefficient (Wildman–Crippen LogP) is 0.764. The molecule has 0 aliphatic carbocycles. The van der Waals surface area contributed by atoms with Crippen LogP contribution in [-0.4, -0.2) is 75.9 Å². The minimum atomic E-state index is -1.04. The fourth-order valence-corrected chi connectivity index (χ4v) is 4.58. The van der Waals surface area contributed by atoms with Gasteiger partial charge >= 0.3 is 5.97 Å². The van der Waals surface area contributed by atoms with E-state index in [9.17, 15) is 24.3 Å². The highest BCUT2D eigenvalue weighted by atomic mass is 16.4. The van der Waals surface area contributed by atoms with Gasteiger partial charge in [0.25, 0.3) is 0 Å². The first-order chi connectivity index (χ1) is 15.7. The fraction of sp³-hybridized carbons (Fsp3) is 0.583. The summed E-state index contributed by atoms with van der Waals surface area (Å²) in [5.74, 6) is -2.18. The lowest BCUT2D eigenvalue weighted by molar-refractivity contribution is -0.149. The van der Waals surface area contributed by atoms with Crippen molar-refractivity contribution in [2.45, 2.75) is 70.1 Å². The van der Waals surface area contributed by atoms with E-state index in [1.807, 2.05) is 44.2 Å². The maximum Gasteiger partial charge on any atom is 0.326 e. The summed E-state index contributed by atoms with van der Waals surface area (Å²) in [7, 11) is 0. The van der Waals surface area contributed by atoms with E-state index in [1.54, 1.807) is 0 Å². The minimum absolute atomic E-state index is 0.0580. The Balaban J connectivity index is 1.79. The van der Waals surface area contributed by atoms with E-state index in [-0.39, 0.29) is 18.2 Å². The molecule has 4 N–H and O–H groups in total. The molecule has 3 amide bonds. The largest absolute Gasteiger partial charge is 0.480 e. The van der Waals surface area contributed by atoms with Crippen LogP contribution in [0.4, 0.5) is 0 Å². The second kappa shape index (κ2) is 10.8. The second-order valence-corrected chi connectivity index (χ2v) is 9.24. The number of rotatable bonds is 8. The summed E-state index contributed by atoms with van der Waals surface area (Å²) in [5, 5.41) is 12.4. The Hall–Kier alpha value is -2.94. The number of carboxylic acids is 1. The number of hydrogen-bond acceptors (Lipinski definition) is 5. The molecule has 0 radical (unpaired) electrons. The molecule has 0 saturated carbocycles. The number of carboxylic acid groups (broad SMARTS) is 1. The number of nitrogens with one attached hydrogen (secondary N) is 1. The van der Waals surface area contributed by atoms with Crippen molar-refractivity contribution in [2.75, 3.05) is 13.1 Å². The zero-order valence-corrected chi connectivity index (χ0v) is 19.3. The SMILES string of the molecule is CC(C)[C@H](N)C(=O)N1CCC[C@H]1C(=O)N[C@@H](Cc1ccccc1)C(=O)N1CCC[C@H]1C(=O)O. The Labute approximate surface area is 194 Å². The van der Waals surface area contributed by atoms with Gasteiger partial charge in [-0.25, -0.2) is 4.79 Å². The third-order valence-electron chi connectivity index (χ3n) is 6.56. The molecule has 1 aromatic rings. The first-order valence-electron chi connectivity index (χ1n) is 11.6. The van der Waals surface area contributed by atoms with Crippen LogP contribution in [-0.2, 0) is 25.6 Å². The second-order valence-electron chi connectivity index (χ2n) is 9.24. The molecule has 180 valence electrons. The predicted molar refractivity (Wildman–Crippen MR) is 122 cm³/mol. The molecule has 0 spiro atoms. The Morgan fingerprint density at radius 3 is 2.15 bits per heavy atom. The summed E-state index contributed by atoms with van der Waals surface area (Å²) in [5.41, 5.74) is 6.89. The van der Waals surface area contributed by atoms with Gasteiger partial charge in [0.2, 0.25) is 17.7 Å². The fourth-order valence-electron chi connectivity index (χ4n) is 4.58. The molecule has 2 fully saturated rings. The molecule has 9 heteroatoms. The van der Waals surface area contributed by atoms with Gasteiger partial charge in [-0.1, -0.05) is 44.2 Å². The topological polar surface area (TPSA) is 133 Å². The minimum Gasteiger partial charge on any atom is -0.480 e. The number of nitrogens with two attached hydrogens (primary N) is 1. The molecule has 3 rings (SSSR count). The van der Waals surface area contributed by atoms with Crippen LogP contribution in [0.15, 0.2) is 30.3 Å². The number of carbonyl (C=O) groups is 4. The van der Waals surface area contributed by atoms with Crippen molar-refractivity contribution in [2.24, 2.45) is 11.7 Å². The highest BCUT2D eigenvalue weighted by Crippen LogP contribution is 2.22. The number of amides is 3. The zero-order chi connectivity index (χ0) is 24.1. The lowest BCUT2D eigenvalue weighted by Gasteiger charge is -2.31. The van der Waals surface area contributed by atoms with Crippen molar-refractivity contribution in [3.63, 3.8) is 0 Å². The molecule has 2 heterocycles. The Bertz CT molecular complexity index is 875. The Morgan fingerprint density at radius 1 is 1.00 bits per heavy atom. The quantitative estimate of drug-likeness (QED) is 0.527. The molecule has 9 nitrogen and oxygen atoms in total. The van der Waals surface area contributed by atoms with Gasteiger partial charge in [-0.05, 0) is 37.2 Å². The lowest BCUT2D eigenvalue weighted by atomic mass is 10.0. The van der Waals surface area contributed by atoms with Crippen molar-refractivity contribution in [1.82, 2.24) is 15.1 Å². The highest BCUT2D eigenvalue weighted by Gasteiger charge is 2.41. The summed E-state index contributed by atoms with van der Waals surface area (Å²) < 4.78 is 0. The van der Waals surface area contributed by atoms with Crippen LogP contribution in [0.3, 0.4) is 0 Å². The van der Waals surface area contributed by atoms with Crippen molar-refractivity contribution >= 4 is 23.7 Å². The van der Waals surface area contributed by atoms with Crippen LogP contribution in [0.1, 0.15) is 45.1 Å². The standard InChI is InChI=1S/C24H34N4O5/c1-15(2)20(25)23(31)27-12-6-10-18(27)21(29)26-17(14-16-8-4-3-5-9-16)22(30)28-13-7-11-19(28)24(32)33/h3-5,8-9,15,17-20H,6-7,10-14,25H2,1-2H3,(H,26,29)(H,32,33)/t17-,18-,19-,20-/m0/s1. The number of benzene rings is 1. The number of carbonyl (C=O) groups excluding carboxylic acids is 3. The zero-order valence-electron chi connectivity index (χ0n) is 19.3. The number of likely N-dealkylation sites (tertiary alicyclic amines) is 2. The molecular weight excluding hydrogens is 424 g/mol. The van der Waals surface area contributed by atoms with Crippen LogP contribution in [0.25, 0.3) is 0 Å². The summed E-state index contributed by atoms with van der Waals surface area (Å²) in [6, 6.07) is 6.08. The van der Waals surface area contributed by atoms with Gasteiger partial charge in [0, 0.05) is 19.5 Å². The van der Waals surface area contributed by atoms with Crippen LogP contribution in [0, 0.1) is 5.92 Å². The molecule has 33 heavy (non-hydrogen) atoms. The molecule has 2 aliphatic rings. The molecule has 2 saturated heterocycles. The van der Waals surface area contributed by atoms with E-state index in [2.05, 4.69) is 5.32 Å². The van der Waals surface area contributed by atoms with E-state index in [0.717, 1.165) is 5.56 Å². The van der Waals surface area contributed by atoms with Crippen LogP contribution in [0.2, 0.25) is 0 Å². The molecule has 0 unspecified atom stereocenters. The van der Waals surface area contributed by atoms with E-state index in [4.69, 9.17) is 5.73 Å². The maximum absolute atomic E-state index is 13.4. The van der Waals surface area contributed by atoms with Gasteiger partial charge in [-0.15, -0.1) is 0 Å². The third-order valence-corrected chi connectivity index (χ3v) is 6.56. The van der Waals surface area contributed by atoms with Crippen molar-refractivity contribution in [1.29, 1.82) is 0 Å². The van der Waals surface area contributed by atoms with Gasteiger partial charge in [0.1, 0.15) is 18.1 Å². The third kappa shape index (κ3) is 5.71. The molecule has 4 atom stereocenters. The van der Waals surface area contributed by atoms with Crippen LogP contribution < -0.4 is 11.1 Å². The van der Waals surface area contributed by atoms with Gasteiger partial charge in [0.15, 0.2) is 0 Å². The average molecular weight is 459 g/mol. The lowest BCUT2D eigenvalue weighted by Crippen LogP contribution is -2.57. The normalized spacial score (nSPS) is 22.3. The molecular formula is C24H34N4O5. The van der Waals surface area contributed by atoms with Gasteiger partial charge in [-0.2, -0.15) is 0 Å². The highest BCUT2D eigenvalue weighted by molar-refractivity contribution is 5.94. The van der Waals surface area contributed by atoms with E-state index < -0.39 is 42.0 Å². The molecule has 0 aromatic heterocycles. The van der Waals surface area contributed by atoms with E-state index in [1.165, 1.54) is 9.80 Å². The van der Waals surface area contributed by atoms with Crippen LogP contribution >= 0.6 is 0 Å². The monoisotopic (exact) mass is 458 g/mol. The Morgan fingerprint density at radius 2 is 1.58 bits per heavy atom. The first-order valence-corrected chi connectivity index (χ1v) is 11.6. The molecule has 0 bridgehead atoms. The summed E-state index contributed by atoms with van der Waals surface area (Å²) in [4.78, 5) is 53.9.